The first-order valence-electron chi connectivity index (χ1n) is 14.5. The van der Waals surface area contributed by atoms with E-state index in [0.717, 1.165) is 35.8 Å². The van der Waals surface area contributed by atoms with Crippen molar-refractivity contribution in [1.29, 1.82) is 0 Å². The summed E-state index contributed by atoms with van der Waals surface area (Å²) in [7, 11) is -3.59. The van der Waals surface area contributed by atoms with Gasteiger partial charge in [-0.1, -0.05) is 79.0 Å². The van der Waals surface area contributed by atoms with Crippen LogP contribution >= 0.6 is 23.2 Å². The van der Waals surface area contributed by atoms with Gasteiger partial charge in [0.1, 0.15) is 6.04 Å². The smallest absolute Gasteiger partial charge is 0.243 e. The number of unbranched alkanes of at least 4 members (excludes halogenated alkanes) is 1. The van der Waals surface area contributed by atoms with Crippen LogP contribution in [0.2, 0.25) is 10.0 Å². The van der Waals surface area contributed by atoms with Crippen molar-refractivity contribution in [3.8, 4) is 0 Å². The molecule has 0 aliphatic rings. The van der Waals surface area contributed by atoms with Crippen LogP contribution in [0, 0.1) is 13.8 Å². The number of rotatable bonds is 15. The van der Waals surface area contributed by atoms with Crippen LogP contribution in [-0.4, -0.2) is 50.5 Å². The fourth-order valence-corrected chi connectivity index (χ4v) is 6.20. The standard InChI is InChI=1S/C33H41Cl2N3O4S/c1-5-6-18-36-33(40)31(21-26-11-8-7-9-12-26)37(23-27-15-16-28(34)22-30(27)35)32(39)13-10-19-38(43(4,41)42)29-17-14-24(2)25(3)20-29/h7-9,11-12,14-17,20,22,31H,5-6,10,13,18-19,21,23H2,1-4H3,(H,36,40). The molecule has 1 N–H and O–H groups in total. The van der Waals surface area contributed by atoms with E-state index in [2.05, 4.69) is 5.32 Å². The summed E-state index contributed by atoms with van der Waals surface area (Å²) in [6, 6.07) is 19.3. The summed E-state index contributed by atoms with van der Waals surface area (Å²) in [6.07, 6.45) is 3.52. The Balaban J connectivity index is 1.90. The summed E-state index contributed by atoms with van der Waals surface area (Å²) in [5, 5.41) is 3.87. The minimum Gasteiger partial charge on any atom is -0.354 e. The monoisotopic (exact) mass is 645 g/mol. The maximum absolute atomic E-state index is 14.0. The Morgan fingerprint density at radius 1 is 0.930 bits per heavy atom. The first kappa shape index (κ1) is 34.4. The average Bonchev–Trinajstić information content (AvgIpc) is 2.95. The fraction of sp³-hybridized carbons (Fsp3) is 0.394. The highest BCUT2D eigenvalue weighted by atomic mass is 35.5. The Hall–Kier alpha value is -3.07. The van der Waals surface area contributed by atoms with Crippen LogP contribution in [0.4, 0.5) is 5.69 Å². The van der Waals surface area contributed by atoms with Crippen LogP contribution in [0.1, 0.15) is 54.9 Å². The molecular formula is C33H41Cl2N3O4S. The van der Waals surface area contributed by atoms with Gasteiger partial charge in [0.05, 0.1) is 11.9 Å². The van der Waals surface area contributed by atoms with Crippen molar-refractivity contribution in [2.24, 2.45) is 0 Å². The molecule has 3 rings (SSSR count). The predicted molar refractivity (Wildman–Crippen MR) is 176 cm³/mol. The molecule has 0 aromatic heterocycles. The predicted octanol–water partition coefficient (Wildman–Crippen LogP) is 6.71. The number of amides is 2. The van der Waals surface area contributed by atoms with E-state index in [0.29, 0.717) is 34.3 Å². The number of hydrogen-bond donors (Lipinski definition) is 1. The Morgan fingerprint density at radius 2 is 1.65 bits per heavy atom. The van der Waals surface area contributed by atoms with Crippen LogP contribution in [0.3, 0.4) is 0 Å². The van der Waals surface area contributed by atoms with Crippen molar-refractivity contribution < 1.29 is 18.0 Å². The number of sulfonamides is 1. The molecule has 0 heterocycles. The van der Waals surface area contributed by atoms with E-state index in [4.69, 9.17) is 23.2 Å². The zero-order chi connectivity index (χ0) is 31.6. The topological polar surface area (TPSA) is 86.8 Å². The average molecular weight is 647 g/mol. The Kier molecular flexibility index (Phi) is 12.9. The van der Waals surface area contributed by atoms with Gasteiger partial charge in [-0.25, -0.2) is 8.42 Å². The number of carbonyl (C=O) groups excluding carboxylic acids is 2. The van der Waals surface area contributed by atoms with E-state index in [1.807, 2.05) is 63.2 Å². The van der Waals surface area contributed by atoms with Crippen molar-refractivity contribution >= 4 is 50.7 Å². The molecule has 3 aromatic rings. The van der Waals surface area contributed by atoms with Crippen LogP contribution in [0.25, 0.3) is 0 Å². The van der Waals surface area contributed by atoms with Crippen molar-refractivity contribution in [2.45, 2.75) is 65.5 Å². The lowest BCUT2D eigenvalue weighted by Gasteiger charge is -2.32. The number of hydrogen-bond acceptors (Lipinski definition) is 4. The number of carbonyl (C=O) groups is 2. The van der Waals surface area contributed by atoms with Gasteiger partial charge >= 0.3 is 0 Å². The molecule has 0 fully saturated rings. The quantitative estimate of drug-likeness (QED) is 0.186. The molecule has 0 spiro atoms. The van der Waals surface area contributed by atoms with Gasteiger partial charge < -0.3 is 10.2 Å². The SMILES string of the molecule is CCCCNC(=O)C(Cc1ccccc1)N(Cc1ccc(Cl)cc1Cl)C(=O)CCCN(c1ccc(C)c(C)c1)S(C)(=O)=O. The van der Waals surface area contributed by atoms with E-state index in [9.17, 15) is 18.0 Å². The van der Waals surface area contributed by atoms with Gasteiger partial charge in [0.15, 0.2) is 0 Å². The minimum absolute atomic E-state index is 0.0373. The lowest BCUT2D eigenvalue weighted by molar-refractivity contribution is -0.141. The summed E-state index contributed by atoms with van der Waals surface area (Å²) in [4.78, 5) is 29.1. The molecular weight excluding hydrogens is 605 g/mol. The highest BCUT2D eigenvalue weighted by Gasteiger charge is 2.31. The van der Waals surface area contributed by atoms with Gasteiger partial charge in [-0.2, -0.15) is 0 Å². The molecule has 0 aliphatic carbocycles. The molecule has 3 aromatic carbocycles. The highest BCUT2D eigenvalue weighted by molar-refractivity contribution is 7.92. The number of nitrogens with zero attached hydrogens (tertiary/aromatic N) is 2. The normalized spacial score (nSPS) is 12.0. The zero-order valence-electron chi connectivity index (χ0n) is 25.3. The third-order valence-corrected chi connectivity index (χ3v) is 9.17. The summed E-state index contributed by atoms with van der Waals surface area (Å²) < 4.78 is 26.8. The molecule has 0 saturated carbocycles. The third-order valence-electron chi connectivity index (χ3n) is 7.39. The van der Waals surface area contributed by atoms with E-state index in [-0.39, 0.29) is 37.7 Å². The van der Waals surface area contributed by atoms with E-state index in [1.54, 1.807) is 29.2 Å². The molecule has 7 nitrogen and oxygen atoms in total. The van der Waals surface area contributed by atoms with Crippen molar-refractivity contribution in [2.75, 3.05) is 23.7 Å². The first-order chi connectivity index (χ1) is 20.4. The second kappa shape index (κ2) is 16.1. The van der Waals surface area contributed by atoms with Crippen LogP contribution in [-0.2, 0) is 32.6 Å². The maximum atomic E-state index is 14.0. The molecule has 0 bridgehead atoms. The highest BCUT2D eigenvalue weighted by Crippen LogP contribution is 2.26. The summed E-state index contributed by atoms with van der Waals surface area (Å²) in [5.74, 6) is -0.519. The number of halogens is 2. The molecule has 43 heavy (non-hydrogen) atoms. The first-order valence-corrected chi connectivity index (χ1v) is 17.1. The van der Waals surface area contributed by atoms with Gasteiger partial charge in [0.2, 0.25) is 21.8 Å². The van der Waals surface area contributed by atoms with Crippen LogP contribution in [0.5, 0.6) is 0 Å². The van der Waals surface area contributed by atoms with Gasteiger partial charge in [0.25, 0.3) is 0 Å². The lowest BCUT2D eigenvalue weighted by atomic mass is 10.0. The molecule has 232 valence electrons. The minimum atomic E-state index is -3.59. The molecule has 0 aliphatic heterocycles. The Morgan fingerprint density at radius 3 is 2.28 bits per heavy atom. The second-order valence-corrected chi connectivity index (χ2v) is 13.6. The number of benzene rings is 3. The molecule has 10 heteroatoms. The van der Waals surface area contributed by atoms with Crippen molar-refractivity contribution in [1.82, 2.24) is 10.2 Å². The summed E-state index contributed by atoms with van der Waals surface area (Å²) in [5.41, 5.74) is 4.17. The molecule has 1 atom stereocenters. The summed E-state index contributed by atoms with van der Waals surface area (Å²) >= 11 is 12.6. The fourth-order valence-electron chi connectivity index (χ4n) is 4.78. The van der Waals surface area contributed by atoms with E-state index in [1.165, 1.54) is 4.31 Å². The number of anilines is 1. The van der Waals surface area contributed by atoms with Gasteiger partial charge in [-0.3, -0.25) is 13.9 Å². The van der Waals surface area contributed by atoms with Gasteiger partial charge in [-0.05, 0) is 73.2 Å². The second-order valence-electron chi connectivity index (χ2n) is 10.8. The molecule has 2 amide bonds. The van der Waals surface area contributed by atoms with Crippen LogP contribution < -0.4 is 9.62 Å². The van der Waals surface area contributed by atoms with Crippen molar-refractivity contribution in [3.05, 3.63) is 99.0 Å². The molecule has 1 unspecified atom stereocenters. The Bertz CT molecular complexity index is 1500. The van der Waals surface area contributed by atoms with E-state index < -0.39 is 16.1 Å². The third kappa shape index (κ3) is 10.3. The lowest BCUT2D eigenvalue weighted by Crippen LogP contribution is -2.50. The Labute approximate surface area is 266 Å². The van der Waals surface area contributed by atoms with E-state index >= 15 is 0 Å². The molecule has 0 saturated heterocycles. The number of aryl methyl sites for hydroxylation is 2. The maximum Gasteiger partial charge on any atom is 0.243 e. The van der Waals surface area contributed by atoms with Gasteiger partial charge in [0, 0.05) is 42.5 Å². The zero-order valence-corrected chi connectivity index (χ0v) is 27.6. The van der Waals surface area contributed by atoms with Crippen LogP contribution in [0.15, 0.2) is 66.7 Å². The number of nitrogens with one attached hydrogen (secondary N) is 1. The molecule has 0 radical (unpaired) electrons. The van der Waals surface area contributed by atoms with Crippen molar-refractivity contribution in [3.63, 3.8) is 0 Å². The van der Waals surface area contributed by atoms with Gasteiger partial charge in [-0.15, -0.1) is 0 Å². The largest absolute Gasteiger partial charge is 0.354 e. The summed E-state index contributed by atoms with van der Waals surface area (Å²) in [6.45, 7) is 6.66.